The Labute approximate surface area is 123 Å². The first-order chi connectivity index (χ1) is 9.76. The van der Waals surface area contributed by atoms with Crippen molar-refractivity contribution >= 4 is 11.3 Å². The van der Waals surface area contributed by atoms with Crippen molar-refractivity contribution in [3.8, 4) is 5.75 Å². The van der Waals surface area contributed by atoms with Crippen molar-refractivity contribution in [1.82, 2.24) is 10.4 Å². The van der Waals surface area contributed by atoms with Crippen LogP contribution in [0.5, 0.6) is 5.75 Å². The van der Waals surface area contributed by atoms with Gasteiger partial charge in [-0.15, -0.1) is 11.3 Å². The van der Waals surface area contributed by atoms with E-state index in [0.29, 0.717) is 0 Å². The third-order valence-corrected chi connectivity index (χ3v) is 4.46. The summed E-state index contributed by atoms with van der Waals surface area (Å²) in [7, 11) is 0. The number of aryl methyl sites for hydroxylation is 2. The topological polar surface area (TPSA) is 60.2 Å². The van der Waals surface area contributed by atoms with Crippen molar-refractivity contribution in [2.24, 2.45) is 5.84 Å². The maximum Gasteiger partial charge on any atom is 0.122 e. The van der Waals surface area contributed by atoms with E-state index in [1.807, 2.05) is 6.92 Å². The van der Waals surface area contributed by atoms with Gasteiger partial charge in [0, 0.05) is 11.8 Å². The number of nitrogens with one attached hydrogen (secondary N) is 1. The van der Waals surface area contributed by atoms with E-state index >= 15 is 0 Å². The van der Waals surface area contributed by atoms with Crippen LogP contribution in [0.2, 0.25) is 0 Å². The molecule has 0 amide bonds. The van der Waals surface area contributed by atoms with Crippen molar-refractivity contribution in [3.05, 3.63) is 45.4 Å². The van der Waals surface area contributed by atoms with Gasteiger partial charge in [0.15, 0.2) is 0 Å². The Morgan fingerprint density at radius 2 is 2.40 bits per heavy atom. The second kappa shape index (κ2) is 5.91. The van der Waals surface area contributed by atoms with Gasteiger partial charge in [0.1, 0.15) is 5.75 Å². The van der Waals surface area contributed by atoms with Crippen LogP contribution in [-0.4, -0.2) is 11.6 Å². The summed E-state index contributed by atoms with van der Waals surface area (Å²) in [6.45, 7) is 2.83. The van der Waals surface area contributed by atoms with Gasteiger partial charge in [-0.25, -0.2) is 4.98 Å². The first-order valence-electron chi connectivity index (χ1n) is 6.89. The predicted octanol–water partition coefficient (Wildman–Crippen LogP) is 2.52. The monoisotopic (exact) mass is 289 g/mol. The number of thiazole rings is 1. The van der Waals surface area contributed by atoms with Gasteiger partial charge in [-0.1, -0.05) is 12.1 Å². The fraction of sp³-hybridized carbons (Fsp3) is 0.400. The zero-order valence-electron chi connectivity index (χ0n) is 11.6. The van der Waals surface area contributed by atoms with Crippen LogP contribution in [0.4, 0.5) is 0 Å². The molecule has 5 heteroatoms. The molecule has 3 N–H and O–H groups in total. The predicted molar refractivity (Wildman–Crippen MR) is 80.9 cm³/mol. The summed E-state index contributed by atoms with van der Waals surface area (Å²) in [6, 6.07) is 6.59. The van der Waals surface area contributed by atoms with Crippen molar-refractivity contribution < 1.29 is 4.74 Å². The Hall–Kier alpha value is -1.43. The van der Waals surface area contributed by atoms with Gasteiger partial charge in [-0.3, -0.25) is 11.3 Å². The molecule has 0 fully saturated rings. The third kappa shape index (κ3) is 2.85. The molecule has 0 saturated carbocycles. The Bertz CT molecular complexity index is 597. The summed E-state index contributed by atoms with van der Waals surface area (Å²) >= 11 is 1.66. The molecule has 0 radical (unpaired) electrons. The van der Waals surface area contributed by atoms with Crippen LogP contribution in [0.3, 0.4) is 0 Å². The van der Waals surface area contributed by atoms with Gasteiger partial charge in [0.2, 0.25) is 0 Å². The van der Waals surface area contributed by atoms with Crippen LogP contribution < -0.4 is 16.0 Å². The minimum atomic E-state index is 0.115. The van der Waals surface area contributed by atoms with E-state index in [1.165, 1.54) is 11.1 Å². The van der Waals surface area contributed by atoms with Gasteiger partial charge in [-0.2, -0.15) is 0 Å². The lowest BCUT2D eigenvalue weighted by Gasteiger charge is -2.13. The van der Waals surface area contributed by atoms with Crippen LogP contribution in [0.1, 0.15) is 34.3 Å². The Kier molecular flexibility index (Phi) is 4.00. The fourth-order valence-electron chi connectivity index (χ4n) is 2.56. The summed E-state index contributed by atoms with van der Waals surface area (Å²) in [5.74, 6) is 6.70. The van der Waals surface area contributed by atoms with E-state index in [1.54, 1.807) is 11.3 Å². The quantitative estimate of drug-likeness (QED) is 0.656. The number of benzene rings is 1. The van der Waals surface area contributed by atoms with Crippen molar-refractivity contribution in [3.63, 3.8) is 0 Å². The minimum absolute atomic E-state index is 0.115. The molecule has 0 aliphatic carbocycles. The van der Waals surface area contributed by atoms with Gasteiger partial charge in [-0.05, 0) is 37.0 Å². The Morgan fingerprint density at radius 1 is 1.50 bits per heavy atom. The van der Waals surface area contributed by atoms with E-state index in [-0.39, 0.29) is 6.04 Å². The highest BCUT2D eigenvalue weighted by Crippen LogP contribution is 2.27. The van der Waals surface area contributed by atoms with Crippen LogP contribution in [-0.2, 0) is 12.8 Å². The average molecular weight is 289 g/mol. The first kappa shape index (κ1) is 13.5. The number of nitrogens with zero attached hydrogens (tertiary/aromatic N) is 1. The molecule has 3 rings (SSSR count). The number of fused-ring (bicyclic) bond motifs is 1. The van der Waals surface area contributed by atoms with Crippen molar-refractivity contribution in [1.29, 1.82) is 0 Å². The van der Waals surface area contributed by atoms with E-state index in [2.05, 4.69) is 34.0 Å². The summed E-state index contributed by atoms with van der Waals surface area (Å²) in [4.78, 5) is 4.51. The molecular weight excluding hydrogens is 270 g/mol. The molecule has 1 aromatic heterocycles. The maximum absolute atomic E-state index is 5.66. The number of hydrogen-bond acceptors (Lipinski definition) is 5. The number of nitrogens with two attached hydrogens (primary N) is 1. The lowest BCUT2D eigenvalue weighted by Crippen LogP contribution is -2.28. The fourth-order valence-corrected chi connectivity index (χ4v) is 3.23. The van der Waals surface area contributed by atoms with Crippen molar-refractivity contribution in [2.75, 3.05) is 6.61 Å². The molecule has 1 unspecified atom stereocenters. The minimum Gasteiger partial charge on any atom is -0.493 e. The number of aromatic nitrogens is 1. The summed E-state index contributed by atoms with van der Waals surface area (Å²) in [5.41, 5.74) is 6.57. The van der Waals surface area contributed by atoms with Crippen LogP contribution in [0.15, 0.2) is 23.6 Å². The highest BCUT2D eigenvalue weighted by molar-refractivity contribution is 7.09. The number of rotatable bonds is 5. The SMILES string of the molecule is Cc1nc(C(CCc2ccc3c(c2)CCO3)NN)cs1. The Morgan fingerprint density at radius 3 is 3.15 bits per heavy atom. The molecule has 1 aromatic carbocycles. The van der Waals surface area contributed by atoms with E-state index in [4.69, 9.17) is 10.6 Å². The Balaban J connectivity index is 1.66. The molecule has 2 aromatic rings. The smallest absolute Gasteiger partial charge is 0.122 e. The summed E-state index contributed by atoms with van der Waals surface area (Å²) in [6.07, 6.45) is 2.95. The van der Waals surface area contributed by atoms with Gasteiger partial charge in [0.25, 0.3) is 0 Å². The largest absolute Gasteiger partial charge is 0.493 e. The van der Waals surface area contributed by atoms with Gasteiger partial charge >= 0.3 is 0 Å². The third-order valence-electron chi connectivity index (χ3n) is 3.67. The molecule has 20 heavy (non-hydrogen) atoms. The average Bonchev–Trinajstić information content (AvgIpc) is 3.08. The zero-order chi connectivity index (χ0) is 13.9. The molecule has 1 aliphatic rings. The summed E-state index contributed by atoms with van der Waals surface area (Å²) < 4.78 is 5.53. The van der Waals surface area contributed by atoms with Gasteiger partial charge in [0.05, 0.1) is 23.4 Å². The molecule has 0 bridgehead atoms. The van der Waals surface area contributed by atoms with E-state index < -0.39 is 0 Å². The first-order valence-corrected chi connectivity index (χ1v) is 7.77. The highest BCUT2D eigenvalue weighted by atomic mass is 32.1. The normalized spacial score (nSPS) is 14.9. The number of ether oxygens (including phenoxy) is 1. The van der Waals surface area contributed by atoms with Crippen LogP contribution in [0.25, 0.3) is 0 Å². The zero-order valence-corrected chi connectivity index (χ0v) is 12.4. The van der Waals surface area contributed by atoms with E-state index in [0.717, 1.165) is 42.3 Å². The van der Waals surface area contributed by atoms with Crippen molar-refractivity contribution in [2.45, 2.75) is 32.2 Å². The number of hydrazine groups is 1. The maximum atomic E-state index is 5.66. The number of hydrogen-bond donors (Lipinski definition) is 2. The molecule has 106 valence electrons. The molecule has 1 atom stereocenters. The lowest BCUT2D eigenvalue weighted by molar-refractivity contribution is 0.357. The van der Waals surface area contributed by atoms with E-state index in [9.17, 15) is 0 Å². The molecule has 2 heterocycles. The molecule has 0 saturated heterocycles. The van der Waals surface area contributed by atoms with Crippen LogP contribution in [0, 0.1) is 6.92 Å². The van der Waals surface area contributed by atoms with Crippen LogP contribution >= 0.6 is 11.3 Å². The summed E-state index contributed by atoms with van der Waals surface area (Å²) in [5, 5.41) is 3.16. The highest BCUT2D eigenvalue weighted by Gasteiger charge is 2.15. The molecule has 0 spiro atoms. The molecule has 1 aliphatic heterocycles. The van der Waals surface area contributed by atoms with Gasteiger partial charge < -0.3 is 4.74 Å². The second-order valence-electron chi connectivity index (χ2n) is 5.09. The lowest BCUT2D eigenvalue weighted by atomic mass is 10.0. The standard InChI is InChI=1S/C15H19N3OS/c1-10-17-14(9-20-10)13(18-16)4-2-11-3-5-15-12(8-11)6-7-19-15/h3,5,8-9,13,18H,2,4,6-7,16H2,1H3. The second-order valence-corrected chi connectivity index (χ2v) is 6.15. The molecule has 4 nitrogen and oxygen atoms in total. The molecular formula is C15H19N3OS.